The molecular formula is C35H51N5O7S. The first-order valence-corrected chi connectivity index (χ1v) is 18.5. The monoisotopic (exact) mass is 685 g/mol. The van der Waals surface area contributed by atoms with Crippen molar-refractivity contribution in [2.24, 2.45) is 5.41 Å². The van der Waals surface area contributed by atoms with E-state index in [0.717, 1.165) is 19.3 Å². The number of amides is 5. The number of rotatable bonds is 14. The third kappa shape index (κ3) is 10.3. The van der Waals surface area contributed by atoms with Crippen molar-refractivity contribution in [1.29, 1.82) is 0 Å². The highest BCUT2D eigenvalue weighted by molar-refractivity contribution is 7.91. The smallest absolute Gasteiger partial charge is 0.315 e. The van der Waals surface area contributed by atoms with Crippen molar-refractivity contribution in [2.45, 2.75) is 120 Å². The van der Waals surface area contributed by atoms with Crippen LogP contribution in [0.5, 0.6) is 0 Å². The van der Waals surface area contributed by atoms with Crippen molar-refractivity contribution in [3.63, 3.8) is 0 Å². The van der Waals surface area contributed by atoms with Gasteiger partial charge in [-0.3, -0.25) is 19.2 Å². The highest BCUT2D eigenvalue weighted by Crippen LogP contribution is 2.32. The number of ketones is 1. The summed E-state index contributed by atoms with van der Waals surface area (Å²) in [5.74, 6) is -0.510. The van der Waals surface area contributed by atoms with Crippen molar-refractivity contribution in [2.75, 3.05) is 18.8 Å². The van der Waals surface area contributed by atoms with Gasteiger partial charge in [-0.2, -0.15) is 0 Å². The summed E-state index contributed by atoms with van der Waals surface area (Å²) in [5, 5.41) is 10.9. The number of nitrogens with one attached hydrogen (secondary N) is 4. The molecule has 1 aliphatic carbocycles. The molecule has 2 aliphatic rings. The van der Waals surface area contributed by atoms with Crippen molar-refractivity contribution < 1.29 is 32.4 Å². The average molecular weight is 686 g/mol. The molecule has 3 rings (SSSR count). The molecule has 0 spiro atoms. The Hall–Kier alpha value is -3.92. The third-order valence-corrected chi connectivity index (χ3v) is 10.9. The van der Waals surface area contributed by atoms with Crippen molar-refractivity contribution >= 4 is 39.4 Å². The van der Waals surface area contributed by atoms with E-state index in [9.17, 15) is 32.4 Å². The minimum absolute atomic E-state index is 0.136. The standard InChI is InChI=1S/C35H51N5O7S/c1-6-8-22-36-31(43)28(41)26(16-7-2)37-30(42)27-19-15-23-40(27)32(44)29(34(3,4)5)38-33(45)39-35(20-13-10-14-21-35)24-48(46,47)25-17-11-9-12-18-25/h1,9,11-12,17-18,26-27,29H,7-8,10,13-16,19-24H2,2-5H3,(H,36,43)(H,37,42)(H2,38,39,45)/t26?,27?,29-/m1/s1. The van der Waals surface area contributed by atoms with E-state index in [1.54, 1.807) is 51.1 Å². The molecule has 1 saturated carbocycles. The number of carbonyl (C=O) groups excluding carboxylic acids is 5. The Morgan fingerprint density at radius 1 is 1.02 bits per heavy atom. The topological polar surface area (TPSA) is 171 Å². The Kier molecular flexibility index (Phi) is 13.6. The minimum atomic E-state index is -3.72. The fourth-order valence-corrected chi connectivity index (χ4v) is 8.28. The van der Waals surface area contributed by atoms with Crippen LogP contribution in [0, 0.1) is 17.8 Å². The predicted molar refractivity (Wildman–Crippen MR) is 182 cm³/mol. The highest BCUT2D eigenvalue weighted by Gasteiger charge is 2.44. The molecule has 0 aromatic heterocycles. The van der Waals surface area contributed by atoms with Gasteiger partial charge < -0.3 is 26.2 Å². The first-order chi connectivity index (χ1) is 22.6. The molecule has 2 fully saturated rings. The lowest BCUT2D eigenvalue weighted by Gasteiger charge is -2.40. The van der Waals surface area contributed by atoms with Crippen LogP contribution in [0.1, 0.15) is 91.9 Å². The van der Waals surface area contributed by atoms with Crippen molar-refractivity contribution in [3.8, 4) is 12.3 Å². The number of likely N-dealkylation sites (tertiary alicyclic amines) is 1. The Labute approximate surface area is 284 Å². The van der Waals surface area contributed by atoms with Crippen LogP contribution in [0.2, 0.25) is 0 Å². The highest BCUT2D eigenvalue weighted by atomic mass is 32.2. The molecule has 1 aromatic rings. The van der Waals surface area contributed by atoms with Gasteiger partial charge in [-0.05, 0) is 49.7 Å². The van der Waals surface area contributed by atoms with Gasteiger partial charge in [-0.1, -0.05) is 71.6 Å². The summed E-state index contributed by atoms with van der Waals surface area (Å²) in [7, 11) is -3.72. The zero-order valence-corrected chi connectivity index (χ0v) is 29.4. The number of Topliss-reactive ketones (excluding diaryl/α,β-unsaturated/α-hetero) is 1. The van der Waals surface area contributed by atoms with Gasteiger partial charge in [0.1, 0.15) is 12.1 Å². The van der Waals surface area contributed by atoms with E-state index in [-0.39, 0.29) is 36.6 Å². The molecule has 12 nitrogen and oxygen atoms in total. The van der Waals surface area contributed by atoms with Gasteiger partial charge in [0.15, 0.2) is 9.84 Å². The SMILES string of the molecule is C#CCCNC(=O)C(=O)C(CCC)NC(=O)C1CCCN1C(=O)[C@@H](NC(=O)NC1(CS(=O)(=O)c2ccccc2)CCCCC1)C(C)(C)C. The number of carbonyl (C=O) groups is 5. The molecule has 0 radical (unpaired) electrons. The lowest BCUT2D eigenvalue weighted by molar-refractivity contribution is -0.143. The van der Waals surface area contributed by atoms with E-state index in [1.807, 2.05) is 6.92 Å². The van der Waals surface area contributed by atoms with E-state index in [4.69, 9.17) is 6.42 Å². The van der Waals surface area contributed by atoms with Gasteiger partial charge in [0.25, 0.3) is 5.91 Å². The van der Waals surface area contributed by atoms with Crippen LogP contribution in [0.25, 0.3) is 0 Å². The molecule has 4 N–H and O–H groups in total. The molecule has 1 heterocycles. The van der Waals surface area contributed by atoms with Crippen LogP contribution in [0.15, 0.2) is 35.2 Å². The number of terminal acetylenes is 1. The van der Waals surface area contributed by atoms with Crippen LogP contribution in [-0.2, 0) is 29.0 Å². The molecular weight excluding hydrogens is 634 g/mol. The second kappa shape index (κ2) is 17.0. The van der Waals surface area contributed by atoms with E-state index < -0.39 is 68.5 Å². The predicted octanol–water partition coefficient (Wildman–Crippen LogP) is 2.86. The number of nitrogens with zero attached hydrogens (tertiary/aromatic N) is 1. The van der Waals surface area contributed by atoms with E-state index in [0.29, 0.717) is 32.1 Å². The molecule has 1 aromatic carbocycles. The third-order valence-electron chi connectivity index (χ3n) is 8.97. The van der Waals surface area contributed by atoms with Gasteiger partial charge >= 0.3 is 6.03 Å². The molecule has 1 saturated heterocycles. The van der Waals surface area contributed by atoms with E-state index in [1.165, 1.54) is 4.90 Å². The zero-order chi connectivity index (χ0) is 35.5. The lowest BCUT2D eigenvalue weighted by Crippen LogP contribution is -2.63. The van der Waals surface area contributed by atoms with Gasteiger partial charge in [0.05, 0.1) is 22.2 Å². The van der Waals surface area contributed by atoms with Crippen molar-refractivity contribution in [3.05, 3.63) is 30.3 Å². The van der Waals surface area contributed by atoms with Gasteiger partial charge in [-0.25, -0.2) is 13.2 Å². The molecule has 1 aliphatic heterocycles. The summed E-state index contributed by atoms with van der Waals surface area (Å²) < 4.78 is 26.8. The maximum Gasteiger partial charge on any atom is 0.315 e. The van der Waals surface area contributed by atoms with Gasteiger partial charge in [0, 0.05) is 19.5 Å². The molecule has 2 unspecified atom stereocenters. The number of benzene rings is 1. The average Bonchev–Trinajstić information content (AvgIpc) is 3.53. The van der Waals surface area contributed by atoms with E-state index in [2.05, 4.69) is 27.2 Å². The first-order valence-electron chi connectivity index (χ1n) is 16.9. The Morgan fingerprint density at radius 2 is 1.69 bits per heavy atom. The van der Waals surface area contributed by atoms with Crippen molar-refractivity contribution in [1.82, 2.24) is 26.2 Å². The summed E-state index contributed by atoms with van der Waals surface area (Å²) in [6.07, 6.45) is 10.5. The molecule has 3 atom stereocenters. The summed E-state index contributed by atoms with van der Waals surface area (Å²) in [5.41, 5.74) is -1.78. The minimum Gasteiger partial charge on any atom is -0.348 e. The Balaban J connectivity index is 1.75. The maximum absolute atomic E-state index is 14.1. The fraction of sp³-hybridized carbons (Fsp3) is 0.629. The Bertz CT molecular complexity index is 1460. The summed E-state index contributed by atoms with van der Waals surface area (Å²) >= 11 is 0. The van der Waals surface area contributed by atoms with Crippen LogP contribution < -0.4 is 21.3 Å². The van der Waals surface area contributed by atoms with Crippen LogP contribution in [0.3, 0.4) is 0 Å². The van der Waals surface area contributed by atoms with E-state index >= 15 is 0 Å². The fourth-order valence-electron chi connectivity index (χ4n) is 6.45. The quantitative estimate of drug-likeness (QED) is 0.133. The normalized spacial score (nSPS) is 18.9. The summed E-state index contributed by atoms with van der Waals surface area (Å²) in [4.78, 5) is 68.1. The summed E-state index contributed by atoms with van der Waals surface area (Å²) in [6, 6.07) is 4.48. The summed E-state index contributed by atoms with van der Waals surface area (Å²) in [6.45, 7) is 7.62. The lowest BCUT2D eigenvalue weighted by atomic mass is 9.83. The number of sulfone groups is 1. The van der Waals surface area contributed by atoms with Gasteiger partial charge in [-0.15, -0.1) is 12.3 Å². The molecule has 5 amide bonds. The molecule has 13 heteroatoms. The molecule has 264 valence electrons. The zero-order valence-electron chi connectivity index (χ0n) is 28.6. The second-order valence-corrected chi connectivity index (χ2v) is 15.9. The maximum atomic E-state index is 14.1. The van der Waals surface area contributed by atoms with Crippen LogP contribution in [0.4, 0.5) is 4.79 Å². The van der Waals surface area contributed by atoms with Crippen LogP contribution in [-0.4, -0.2) is 85.4 Å². The van der Waals surface area contributed by atoms with Crippen LogP contribution >= 0.6 is 0 Å². The molecule has 0 bridgehead atoms. The van der Waals surface area contributed by atoms with Gasteiger partial charge in [0.2, 0.25) is 17.6 Å². The Morgan fingerprint density at radius 3 is 2.29 bits per heavy atom. The number of hydrogen-bond acceptors (Lipinski definition) is 7. The second-order valence-electron chi connectivity index (χ2n) is 13.9. The largest absolute Gasteiger partial charge is 0.348 e. The number of urea groups is 1. The first kappa shape index (κ1) is 38.5. The molecule has 48 heavy (non-hydrogen) atoms. The number of hydrogen-bond donors (Lipinski definition) is 4.